The Bertz CT molecular complexity index is 2270. The van der Waals surface area contributed by atoms with Gasteiger partial charge >= 0.3 is 12.3 Å². The molecule has 314 valence electrons. The van der Waals surface area contributed by atoms with E-state index in [1.807, 2.05) is 60.7 Å². The highest BCUT2D eigenvalue weighted by Gasteiger charge is 2.36. The molecule has 1 aliphatic heterocycles. The summed E-state index contributed by atoms with van der Waals surface area (Å²) < 4.78 is 66.0. The summed E-state index contributed by atoms with van der Waals surface area (Å²) in [6.45, 7) is 3.90. The zero-order valence-corrected chi connectivity index (χ0v) is 33.0. The minimum Gasteiger partial charge on any atom is -0.445 e. The number of benzene rings is 3. The second kappa shape index (κ2) is 18.7. The topological polar surface area (TPSA) is 131 Å². The van der Waals surface area contributed by atoms with Crippen LogP contribution in [0.5, 0.6) is 11.6 Å². The van der Waals surface area contributed by atoms with Gasteiger partial charge in [-0.3, -0.25) is 19.2 Å². The second-order valence-electron chi connectivity index (χ2n) is 15.0. The lowest BCUT2D eigenvalue weighted by molar-refractivity contribution is -0.143. The molecule has 0 bridgehead atoms. The summed E-state index contributed by atoms with van der Waals surface area (Å²) in [5.74, 6) is -1.66. The quantitative estimate of drug-likeness (QED) is 0.125. The van der Waals surface area contributed by atoms with Gasteiger partial charge in [-0.2, -0.15) is 18.3 Å². The summed E-state index contributed by atoms with van der Waals surface area (Å²) in [6.07, 6.45) is -1.24. The number of aryl methyl sites for hydroxylation is 1. The standard InChI is InChI=1S/C44H45F4N7O5/c1-53-39(44(46,47)48)26-38(52-53)41(57)51-35-16-14-34(15-17-35)50-40(56)37-25-33(45)27-49-42(37)60-36-9-5-8-32(24-36)31-12-10-29(11-13-31)18-19-54-20-22-55(23-21-54)43(58)59-28-30-6-3-2-4-7-30/h2-13,24-27,34-35H,14-23,28H2,1H3,(H,50,56)(H,51,57)/t34-,35-. The smallest absolute Gasteiger partial charge is 0.433 e. The van der Waals surface area contributed by atoms with E-state index in [4.69, 9.17) is 9.47 Å². The first kappa shape index (κ1) is 41.9. The summed E-state index contributed by atoms with van der Waals surface area (Å²) >= 11 is 0. The predicted octanol–water partition coefficient (Wildman–Crippen LogP) is 7.40. The summed E-state index contributed by atoms with van der Waals surface area (Å²) in [5, 5.41) is 9.34. The predicted molar refractivity (Wildman–Crippen MR) is 214 cm³/mol. The van der Waals surface area contributed by atoms with Crippen molar-refractivity contribution in [3.63, 3.8) is 0 Å². The largest absolute Gasteiger partial charge is 0.445 e. The number of carbonyl (C=O) groups excluding carboxylic acids is 3. The Morgan fingerprint density at radius 2 is 1.47 bits per heavy atom. The van der Waals surface area contributed by atoms with Crippen LogP contribution in [0.25, 0.3) is 11.1 Å². The number of hydrogen-bond donors (Lipinski definition) is 2. The Labute approximate surface area is 344 Å². The van der Waals surface area contributed by atoms with Crippen molar-refractivity contribution in [3.8, 4) is 22.8 Å². The molecule has 7 rings (SSSR count). The van der Waals surface area contributed by atoms with Crippen LogP contribution in [0.15, 0.2) is 97.2 Å². The van der Waals surface area contributed by atoms with Gasteiger partial charge in [0.15, 0.2) is 5.69 Å². The van der Waals surface area contributed by atoms with Crippen LogP contribution >= 0.6 is 0 Å². The molecule has 1 saturated heterocycles. The molecule has 3 aromatic carbocycles. The van der Waals surface area contributed by atoms with E-state index in [2.05, 4.69) is 37.7 Å². The number of pyridine rings is 1. The van der Waals surface area contributed by atoms with E-state index in [0.29, 0.717) is 55.3 Å². The maximum Gasteiger partial charge on any atom is 0.433 e. The fraction of sp³-hybridized carbons (Fsp3) is 0.341. The van der Waals surface area contributed by atoms with Crippen molar-refractivity contribution in [2.45, 2.75) is 57.0 Å². The van der Waals surface area contributed by atoms with E-state index in [9.17, 15) is 31.9 Å². The average Bonchev–Trinajstić information content (AvgIpc) is 3.67. The molecule has 3 amide bonds. The van der Waals surface area contributed by atoms with E-state index < -0.39 is 29.5 Å². The first-order chi connectivity index (χ1) is 28.9. The SMILES string of the molecule is Cn1nc(C(=O)N[C@H]2CC[C@H](NC(=O)c3cc(F)cnc3Oc3cccc(-c4ccc(CCN5CCN(C(=O)OCc6ccccc6)CC5)cc4)c3)CC2)cc1C(F)(F)F. The summed E-state index contributed by atoms with van der Waals surface area (Å²) in [6, 6.07) is 26.3. The van der Waals surface area contributed by atoms with Crippen molar-refractivity contribution in [2.24, 2.45) is 7.05 Å². The number of rotatable bonds is 12. The molecule has 16 heteroatoms. The van der Waals surface area contributed by atoms with Gasteiger partial charge < -0.3 is 25.0 Å². The van der Waals surface area contributed by atoms with Gasteiger partial charge in [0.2, 0.25) is 5.88 Å². The van der Waals surface area contributed by atoms with Crippen molar-refractivity contribution in [3.05, 3.63) is 131 Å². The number of carbonyl (C=O) groups is 3. The Morgan fingerprint density at radius 1 is 0.783 bits per heavy atom. The molecule has 0 radical (unpaired) electrons. The molecule has 2 fully saturated rings. The molecule has 0 spiro atoms. The van der Waals surface area contributed by atoms with E-state index >= 15 is 0 Å². The first-order valence-corrected chi connectivity index (χ1v) is 19.8. The number of alkyl halides is 3. The number of hydrogen-bond acceptors (Lipinski definition) is 8. The number of amides is 3. The minimum atomic E-state index is -4.64. The van der Waals surface area contributed by atoms with Gasteiger partial charge in [0.25, 0.3) is 11.8 Å². The molecule has 0 atom stereocenters. The van der Waals surface area contributed by atoms with Crippen molar-refractivity contribution >= 4 is 17.9 Å². The number of aromatic nitrogens is 3. The third-order valence-corrected chi connectivity index (χ3v) is 10.8. The maximum atomic E-state index is 14.4. The normalized spacial score (nSPS) is 17.2. The molecule has 2 N–H and O–H groups in total. The fourth-order valence-corrected chi connectivity index (χ4v) is 7.39. The van der Waals surface area contributed by atoms with Gasteiger partial charge in [-0.1, -0.05) is 66.7 Å². The number of piperazine rings is 1. The summed E-state index contributed by atoms with van der Waals surface area (Å²) in [5.41, 5.74) is 2.52. The fourth-order valence-electron chi connectivity index (χ4n) is 7.39. The molecule has 1 aliphatic carbocycles. The lowest BCUT2D eigenvalue weighted by Gasteiger charge is -2.34. The monoisotopic (exact) mass is 827 g/mol. The molecule has 3 heterocycles. The number of nitrogens with one attached hydrogen (secondary N) is 2. The molecule has 12 nitrogen and oxygen atoms in total. The summed E-state index contributed by atoms with van der Waals surface area (Å²) in [4.78, 5) is 46.8. The van der Waals surface area contributed by atoms with Gasteiger partial charge in [-0.25, -0.2) is 14.2 Å². The zero-order chi connectivity index (χ0) is 42.2. The number of nitrogens with zero attached hydrogens (tertiary/aromatic N) is 5. The van der Waals surface area contributed by atoms with E-state index in [1.165, 1.54) is 5.56 Å². The van der Waals surface area contributed by atoms with Crippen LogP contribution in [0.2, 0.25) is 0 Å². The Hall–Kier alpha value is -6.29. The molecular weight excluding hydrogens is 783 g/mol. The van der Waals surface area contributed by atoms with Gasteiger partial charge in [0.1, 0.15) is 29.4 Å². The van der Waals surface area contributed by atoms with E-state index in [-0.39, 0.29) is 41.9 Å². The van der Waals surface area contributed by atoms with Crippen LogP contribution in [-0.2, 0) is 31.0 Å². The van der Waals surface area contributed by atoms with Crippen LogP contribution in [0, 0.1) is 5.82 Å². The van der Waals surface area contributed by atoms with Crippen molar-refractivity contribution in [1.29, 1.82) is 0 Å². The van der Waals surface area contributed by atoms with Crippen LogP contribution in [0.4, 0.5) is 22.4 Å². The molecule has 5 aromatic rings. The Kier molecular flexibility index (Phi) is 13.1. The van der Waals surface area contributed by atoms with Crippen LogP contribution in [0.3, 0.4) is 0 Å². The molecule has 60 heavy (non-hydrogen) atoms. The van der Waals surface area contributed by atoms with Crippen molar-refractivity contribution in [1.82, 2.24) is 35.2 Å². The van der Waals surface area contributed by atoms with Crippen molar-refractivity contribution < 1.29 is 41.4 Å². The lowest BCUT2D eigenvalue weighted by Crippen LogP contribution is -2.49. The Morgan fingerprint density at radius 3 is 2.13 bits per heavy atom. The van der Waals surface area contributed by atoms with Gasteiger partial charge in [0.05, 0.1) is 6.20 Å². The highest BCUT2D eigenvalue weighted by molar-refractivity contribution is 5.96. The van der Waals surface area contributed by atoms with Gasteiger partial charge in [0, 0.05) is 57.9 Å². The number of halogens is 4. The second-order valence-corrected chi connectivity index (χ2v) is 15.0. The van der Waals surface area contributed by atoms with Crippen LogP contribution < -0.4 is 15.4 Å². The van der Waals surface area contributed by atoms with E-state index in [0.717, 1.165) is 62.1 Å². The zero-order valence-electron chi connectivity index (χ0n) is 33.0. The lowest BCUT2D eigenvalue weighted by atomic mass is 9.91. The minimum absolute atomic E-state index is 0.0687. The molecule has 1 saturated carbocycles. The summed E-state index contributed by atoms with van der Waals surface area (Å²) in [7, 11) is 1.12. The highest BCUT2D eigenvalue weighted by Crippen LogP contribution is 2.31. The molecular formula is C44H45F4N7O5. The highest BCUT2D eigenvalue weighted by atomic mass is 19.4. The van der Waals surface area contributed by atoms with Gasteiger partial charge in [-0.05, 0) is 72.6 Å². The van der Waals surface area contributed by atoms with Gasteiger partial charge in [-0.15, -0.1) is 0 Å². The Balaban J connectivity index is 0.878. The first-order valence-electron chi connectivity index (χ1n) is 19.8. The molecule has 2 aromatic heterocycles. The van der Waals surface area contributed by atoms with E-state index in [1.54, 1.807) is 11.0 Å². The van der Waals surface area contributed by atoms with Crippen LogP contribution in [0.1, 0.15) is 63.4 Å². The number of ether oxygens (including phenoxy) is 2. The third-order valence-electron chi connectivity index (χ3n) is 10.8. The molecule has 0 unspecified atom stereocenters. The molecule has 2 aliphatic rings. The van der Waals surface area contributed by atoms with Crippen LogP contribution in [-0.4, -0.2) is 87.3 Å². The van der Waals surface area contributed by atoms with Crippen molar-refractivity contribution in [2.75, 3.05) is 32.7 Å². The average molecular weight is 828 g/mol. The maximum absolute atomic E-state index is 14.4. The third kappa shape index (κ3) is 10.8.